The second-order valence-corrected chi connectivity index (χ2v) is 8.16. The number of thiazole rings is 1. The number of carbonyl (C=O) groups is 1. The van der Waals surface area contributed by atoms with E-state index in [1.807, 2.05) is 52.0 Å². The normalized spacial score (nSPS) is 11.6. The molecule has 1 heterocycles. The molecule has 27 heavy (non-hydrogen) atoms. The average Bonchev–Trinajstić information content (AvgIpc) is 2.92. The largest absolute Gasteiger partial charge is 0.352 e. The van der Waals surface area contributed by atoms with E-state index >= 15 is 0 Å². The fourth-order valence-electron chi connectivity index (χ4n) is 2.65. The van der Waals surface area contributed by atoms with Gasteiger partial charge in [-0.3, -0.25) is 9.79 Å². The molecule has 0 aliphatic heterocycles. The van der Waals surface area contributed by atoms with Crippen LogP contribution in [0.25, 0.3) is 0 Å². The number of nitrogens with one attached hydrogen (secondary N) is 3. The minimum atomic E-state index is 0.0443. The summed E-state index contributed by atoms with van der Waals surface area (Å²) < 4.78 is 0. The van der Waals surface area contributed by atoms with Gasteiger partial charge in [-0.25, -0.2) is 4.98 Å². The van der Waals surface area contributed by atoms with Crippen LogP contribution in [0.15, 0.2) is 29.3 Å². The molecule has 0 bridgehead atoms. The maximum atomic E-state index is 11.9. The number of carbonyl (C=O) groups excluding carboxylic acids is 1. The Morgan fingerprint density at radius 1 is 1.22 bits per heavy atom. The van der Waals surface area contributed by atoms with Gasteiger partial charge in [0.1, 0.15) is 0 Å². The summed E-state index contributed by atoms with van der Waals surface area (Å²) in [5.41, 5.74) is 2.95. The molecule has 1 aromatic carbocycles. The van der Waals surface area contributed by atoms with Crippen molar-refractivity contribution in [1.82, 2.24) is 15.6 Å². The van der Waals surface area contributed by atoms with Gasteiger partial charge < -0.3 is 16.0 Å². The Bertz CT molecular complexity index is 797. The Balaban J connectivity index is 1.87. The Kier molecular flexibility index (Phi) is 7.79. The molecule has 2 rings (SSSR count). The molecule has 0 fully saturated rings. The van der Waals surface area contributed by atoms with Gasteiger partial charge in [-0.05, 0) is 37.5 Å². The van der Waals surface area contributed by atoms with Crippen molar-refractivity contribution in [3.05, 3.63) is 45.4 Å². The Labute approximate surface area is 165 Å². The number of amides is 1. The third-order valence-corrected chi connectivity index (χ3v) is 4.98. The van der Waals surface area contributed by atoms with Gasteiger partial charge in [-0.15, -0.1) is 11.3 Å². The van der Waals surface area contributed by atoms with Gasteiger partial charge in [0.2, 0.25) is 5.91 Å². The molecule has 3 N–H and O–H groups in total. The van der Waals surface area contributed by atoms with E-state index in [1.54, 1.807) is 18.4 Å². The highest BCUT2D eigenvalue weighted by Gasteiger charge is 2.07. The number of aliphatic imine (C=N–C) groups is 1. The van der Waals surface area contributed by atoms with E-state index in [9.17, 15) is 4.79 Å². The highest BCUT2D eigenvalue weighted by Crippen LogP contribution is 2.16. The van der Waals surface area contributed by atoms with Crippen LogP contribution in [0, 0.1) is 19.8 Å². The summed E-state index contributed by atoms with van der Waals surface area (Å²) in [5, 5.41) is 10.6. The Morgan fingerprint density at radius 3 is 2.59 bits per heavy atom. The SMILES string of the molecule is CN=C(NCc1cccc(NC(=O)CC(C)C)c1)NCc1sc(C)nc1C. The first-order chi connectivity index (χ1) is 12.9. The molecular weight excluding hydrogens is 358 g/mol. The molecular formula is C20H29N5OS. The van der Waals surface area contributed by atoms with Crippen molar-refractivity contribution in [1.29, 1.82) is 0 Å². The molecule has 1 aromatic heterocycles. The lowest BCUT2D eigenvalue weighted by atomic mass is 10.1. The van der Waals surface area contributed by atoms with Crippen molar-refractivity contribution >= 4 is 28.9 Å². The number of guanidine groups is 1. The van der Waals surface area contributed by atoms with Gasteiger partial charge in [0.05, 0.1) is 17.2 Å². The van der Waals surface area contributed by atoms with E-state index in [0.717, 1.165) is 27.9 Å². The summed E-state index contributed by atoms with van der Waals surface area (Å²) in [5.74, 6) is 1.12. The molecule has 0 saturated heterocycles. The molecule has 0 aliphatic rings. The summed E-state index contributed by atoms with van der Waals surface area (Å²) in [4.78, 5) is 21.9. The van der Waals surface area contributed by atoms with Crippen LogP contribution in [0.5, 0.6) is 0 Å². The second kappa shape index (κ2) is 10.1. The smallest absolute Gasteiger partial charge is 0.224 e. The molecule has 7 heteroatoms. The first-order valence-corrected chi connectivity index (χ1v) is 9.95. The number of anilines is 1. The predicted molar refractivity (Wildman–Crippen MR) is 113 cm³/mol. The van der Waals surface area contributed by atoms with E-state index in [-0.39, 0.29) is 5.91 Å². The number of hydrogen-bond donors (Lipinski definition) is 3. The predicted octanol–water partition coefficient (Wildman–Crippen LogP) is 3.61. The summed E-state index contributed by atoms with van der Waals surface area (Å²) in [7, 11) is 1.75. The number of aromatic nitrogens is 1. The maximum absolute atomic E-state index is 11.9. The van der Waals surface area contributed by atoms with Crippen LogP contribution in [-0.2, 0) is 17.9 Å². The number of rotatable bonds is 7. The maximum Gasteiger partial charge on any atom is 0.224 e. The molecule has 0 radical (unpaired) electrons. The third-order valence-electron chi connectivity index (χ3n) is 3.90. The summed E-state index contributed by atoms with van der Waals surface area (Å²) in [6, 6.07) is 7.86. The van der Waals surface area contributed by atoms with Crippen molar-refractivity contribution in [2.24, 2.45) is 10.9 Å². The standard InChI is InChI=1S/C20H29N5OS/c1-13(2)9-19(26)25-17-8-6-7-16(10-17)11-22-20(21-5)23-12-18-14(3)24-15(4)27-18/h6-8,10,13H,9,11-12H2,1-5H3,(H,25,26)(H2,21,22,23). The van der Waals surface area contributed by atoms with Crippen LogP contribution in [-0.4, -0.2) is 23.9 Å². The quantitative estimate of drug-likeness (QED) is 0.501. The van der Waals surface area contributed by atoms with Crippen LogP contribution in [0.3, 0.4) is 0 Å². The van der Waals surface area contributed by atoms with Crippen molar-refractivity contribution in [3.8, 4) is 0 Å². The van der Waals surface area contributed by atoms with E-state index in [1.165, 1.54) is 4.88 Å². The summed E-state index contributed by atoms with van der Waals surface area (Å²) >= 11 is 1.70. The van der Waals surface area contributed by atoms with Crippen LogP contribution in [0.4, 0.5) is 5.69 Å². The number of hydrogen-bond acceptors (Lipinski definition) is 4. The van der Waals surface area contributed by atoms with E-state index in [4.69, 9.17) is 0 Å². The van der Waals surface area contributed by atoms with Crippen LogP contribution >= 0.6 is 11.3 Å². The zero-order valence-electron chi connectivity index (χ0n) is 16.7. The Morgan fingerprint density at radius 2 is 1.96 bits per heavy atom. The van der Waals surface area contributed by atoms with Gasteiger partial charge in [0, 0.05) is 30.6 Å². The topological polar surface area (TPSA) is 78.4 Å². The Hall–Kier alpha value is -2.41. The molecule has 0 aliphatic carbocycles. The third kappa shape index (κ3) is 7.02. The summed E-state index contributed by atoms with van der Waals surface area (Å²) in [6.45, 7) is 9.43. The highest BCUT2D eigenvalue weighted by molar-refractivity contribution is 7.11. The lowest BCUT2D eigenvalue weighted by Crippen LogP contribution is -2.36. The second-order valence-electron chi connectivity index (χ2n) is 6.87. The molecule has 146 valence electrons. The number of benzene rings is 1. The lowest BCUT2D eigenvalue weighted by molar-refractivity contribution is -0.116. The van der Waals surface area contributed by atoms with E-state index in [2.05, 4.69) is 25.9 Å². The number of aryl methyl sites for hydroxylation is 2. The lowest BCUT2D eigenvalue weighted by Gasteiger charge is -2.13. The average molecular weight is 388 g/mol. The first kappa shape index (κ1) is 20.9. The first-order valence-electron chi connectivity index (χ1n) is 9.13. The van der Waals surface area contributed by atoms with Crippen molar-refractivity contribution in [3.63, 3.8) is 0 Å². The van der Waals surface area contributed by atoms with Gasteiger partial charge >= 0.3 is 0 Å². The molecule has 6 nitrogen and oxygen atoms in total. The van der Waals surface area contributed by atoms with Gasteiger partial charge in [0.15, 0.2) is 5.96 Å². The van der Waals surface area contributed by atoms with E-state index in [0.29, 0.717) is 25.4 Å². The molecule has 2 aromatic rings. The fraction of sp³-hybridized carbons (Fsp3) is 0.450. The molecule has 0 saturated carbocycles. The monoisotopic (exact) mass is 387 g/mol. The molecule has 0 atom stereocenters. The molecule has 0 unspecified atom stereocenters. The van der Waals surface area contributed by atoms with Gasteiger partial charge in [-0.1, -0.05) is 26.0 Å². The zero-order chi connectivity index (χ0) is 19.8. The minimum Gasteiger partial charge on any atom is -0.352 e. The van der Waals surface area contributed by atoms with Crippen LogP contribution in [0.2, 0.25) is 0 Å². The van der Waals surface area contributed by atoms with E-state index < -0.39 is 0 Å². The molecule has 0 spiro atoms. The minimum absolute atomic E-state index is 0.0443. The van der Waals surface area contributed by atoms with Gasteiger partial charge in [0.25, 0.3) is 0 Å². The number of nitrogens with zero attached hydrogens (tertiary/aromatic N) is 2. The van der Waals surface area contributed by atoms with Crippen LogP contribution < -0.4 is 16.0 Å². The van der Waals surface area contributed by atoms with Crippen molar-refractivity contribution in [2.45, 2.75) is 47.2 Å². The van der Waals surface area contributed by atoms with Crippen molar-refractivity contribution in [2.75, 3.05) is 12.4 Å². The van der Waals surface area contributed by atoms with Crippen molar-refractivity contribution < 1.29 is 4.79 Å². The zero-order valence-corrected chi connectivity index (χ0v) is 17.5. The van der Waals surface area contributed by atoms with Crippen LogP contribution in [0.1, 0.15) is 41.4 Å². The molecule has 1 amide bonds. The highest BCUT2D eigenvalue weighted by atomic mass is 32.1. The fourth-order valence-corrected chi connectivity index (χ4v) is 3.53. The summed E-state index contributed by atoms with van der Waals surface area (Å²) in [6.07, 6.45) is 0.523. The van der Waals surface area contributed by atoms with Gasteiger partial charge in [-0.2, -0.15) is 0 Å².